The van der Waals surface area contributed by atoms with Crippen molar-refractivity contribution in [2.45, 2.75) is 0 Å². The van der Waals surface area contributed by atoms with Crippen molar-refractivity contribution in [3.8, 4) is 17.2 Å². The minimum absolute atomic E-state index is 0.0265. The van der Waals surface area contributed by atoms with E-state index in [1.807, 2.05) is 18.2 Å². The SMILES string of the molecule is OCCOCCOCCOCCOCCOCCOCCOCCOCCOc1ccc2c(c1)OCO2. The normalized spacial score (nSPS) is 12.4. The van der Waals surface area contributed by atoms with Gasteiger partial charge in [-0.15, -0.1) is 0 Å². The van der Waals surface area contributed by atoms with Gasteiger partial charge in [0.05, 0.1) is 112 Å². The van der Waals surface area contributed by atoms with Crippen molar-refractivity contribution in [1.82, 2.24) is 0 Å². The third-order valence-corrected chi connectivity index (χ3v) is 4.68. The van der Waals surface area contributed by atoms with Gasteiger partial charge < -0.3 is 57.2 Å². The standard InChI is InChI=1S/C25H42O12/c26-3-4-27-5-6-28-7-8-29-9-10-30-11-12-31-13-14-32-15-16-33-17-18-34-19-20-35-23-1-2-24-25(21-23)37-22-36-24/h1-2,21,26H,3-20,22H2. The molecule has 0 amide bonds. The van der Waals surface area contributed by atoms with E-state index in [4.69, 9.17) is 57.2 Å². The molecule has 0 radical (unpaired) electrons. The van der Waals surface area contributed by atoms with Crippen LogP contribution in [-0.2, 0) is 37.9 Å². The summed E-state index contributed by atoms with van der Waals surface area (Å²) < 4.78 is 59.3. The van der Waals surface area contributed by atoms with E-state index in [1.54, 1.807) is 0 Å². The van der Waals surface area contributed by atoms with Gasteiger partial charge in [-0.2, -0.15) is 0 Å². The molecular weight excluding hydrogens is 492 g/mol. The van der Waals surface area contributed by atoms with Crippen molar-refractivity contribution in [1.29, 1.82) is 0 Å². The van der Waals surface area contributed by atoms with E-state index in [2.05, 4.69) is 0 Å². The molecule has 0 fully saturated rings. The highest BCUT2D eigenvalue weighted by Gasteiger charge is 2.13. The monoisotopic (exact) mass is 534 g/mol. The molecule has 1 aliphatic rings. The van der Waals surface area contributed by atoms with Gasteiger partial charge in [0, 0.05) is 6.07 Å². The van der Waals surface area contributed by atoms with Gasteiger partial charge in [0.15, 0.2) is 11.5 Å². The highest BCUT2D eigenvalue weighted by Crippen LogP contribution is 2.34. The highest BCUT2D eigenvalue weighted by molar-refractivity contribution is 5.46. The molecular formula is C25H42O12. The van der Waals surface area contributed by atoms with Gasteiger partial charge in [0.25, 0.3) is 0 Å². The molecule has 1 aromatic rings. The maximum Gasteiger partial charge on any atom is 0.231 e. The summed E-state index contributed by atoms with van der Waals surface area (Å²) in [4.78, 5) is 0. The van der Waals surface area contributed by atoms with E-state index in [0.717, 1.165) is 11.5 Å². The zero-order valence-corrected chi connectivity index (χ0v) is 21.6. The Balaban J connectivity index is 1.19. The summed E-state index contributed by atoms with van der Waals surface area (Å²) in [5.74, 6) is 2.15. The van der Waals surface area contributed by atoms with Crippen LogP contribution in [-0.4, -0.2) is 131 Å². The lowest BCUT2D eigenvalue weighted by Crippen LogP contribution is -2.15. The lowest BCUT2D eigenvalue weighted by molar-refractivity contribution is -0.0242. The average Bonchev–Trinajstić information content (AvgIpc) is 3.39. The Morgan fingerprint density at radius 2 is 0.865 bits per heavy atom. The van der Waals surface area contributed by atoms with Crippen molar-refractivity contribution in [2.24, 2.45) is 0 Å². The fourth-order valence-electron chi connectivity index (χ4n) is 2.89. The van der Waals surface area contributed by atoms with Crippen LogP contribution in [0.25, 0.3) is 0 Å². The van der Waals surface area contributed by atoms with Gasteiger partial charge in [-0.1, -0.05) is 0 Å². The molecule has 1 aliphatic heterocycles. The molecule has 214 valence electrons. The molecule has 0 saturated carbocycles. The molecule has 0 spiro atoms. The van der Waals surface area contributed by atoms with Crippen molar-refractivity contribution >= 4 is 0 Å². The third kappa shape index (κ3) is 17.4. The first-order chi connectivity index (χ1) is 18.4. The van der Waals surface area contributed by atoms with Gasteiger partial charge in [-0.3, -0.25) is 0 Å². The summed E-state index contributed by atoms with van der Waals surface area (Å²) in [7, 11) is 0. The second-order valence-electron chi connectivity index (χ2n) is 7.49. The van der Waals surface area contributed by atoms with Gasteiger partial charge in [-0.25, -0.2) is 0 Å². The first-order valence-corrected chi connectivity index (χ1v) is 12.7. The number of aliphatic hydroxyl groups is 1. The number of ether oxygens (including phenoxy) is 11. The molecule has 12 nitrogen and oxygen atoms in total. The molecule has 0 unspecified atom stereocenters. The van der Waals surface area contributed by atoms with Crippen molar-refractivity contribution in [2.75, 3.05) is 126 Å². The van der Waals surface area contributed by atoms with Gasteiger partial charge >= 0.3 is 0 Å². The van der Waals surface area contributed by atoms with E-state index in [9.17, 15) is 0 Å². The number of hydrogen-bond donors (Lipinski definition) is 1. The Bertz CT molecular complexity index is 648. The van der Waals surface area contributed by atoms with E-state index in [1.165, 1.54) is 0 Å². The van der Waals surface area contributed by atoms with Crippen LogP contribution in [0.3, 0.4) is 0 Å². The van der Waals surface area contributed by atoms with Gasteiger partial charge in [0.2, 0.25) is 6.79 Å². The van der Waals surface area contributed by atoms with Crippen molar-refractivity contribution in [3.05, 3.63) is 18.2 Å². The number of aliphatic hydroxyl groups excluding tert-OH is 1. The van der Waals surface area contributed by atoms with Crippen LogP contribution in [0.5, 0.6) is 17.2 Å². The minimum Gasteiger partial charge on any atom is -0.491 e. The fraction of sp³-hybridized carbons (Fsp3) is 0.760. The minimum atomic E-state index is 0.0265. The first-order valence-electron chi connectivity index (χ1n) is 12.7. The van der Waals surface area contributed by atoms with E-state index in [0.29, 0.717) is 118 Å². The summed E-state index contributed by atoms with van der Waals surface area (Å²) in [5, 5.41) is 8.56. The molecule has 0 saturated heterocycles. The van der Waals surface area contributed by atoms with Crippen molar-refractivity contribution < 1.29 is 57.2 Å². The molecule has 0 aliphatic carbocycles. The molecule has 1 N–H and O–H groups in total. The zero-order valence-electron chi connectivity index (χ0n) is 21.6. The first kappa shape index (κ1) is 31.5. The van der Waals surface area contributed by atoms with Gasteiger partial charge in [0.1, 0.15) is 12.4 Å². The number of rotatable bonds is 27. The van der Waals surface area contributed by atoms with Crippen LogP contribution >= 0.6 is 0 Å². The average molecular weight is 535 g/mol. The molecule has 2 rings (SSSR count). The summed E-state index contributed by atoms with van der Waals surface area (Å²) in [6.07, 6.45) is 0. The quantitative estimate of drug-likeness (QED) is 0.162. The van der Waals surface area contributed by atoms with E-state index < -0.39 is 0 Å². The Morgan fingerprint density at radius 1 is 0.486 bits per heavy atom. The summed E-state index contributed by atoms with van der Waals surface area (Å²) in [6, 6.07) is 5.48. The molecule has 0 aromatic heterocycles. The van der Waals surface area contributed by atoms with E-state index >= 15 is 0 Å². The Labute approximate surface area is 218 Å². The van der Waals surface area contributed by atoms with E-state index in [-0.39, 0.29) is 13.4 Å². The predicted octanol–water partition coefficient (Wildman–Crippen LogP) is 0.919. The maximum atomic E-state index is 8.56. The fourth-order valence-corrected chi connectivity index (χ4v) is 2.89. The second-order valence-corrected chi connectivity index (χ2v) is 7.49. The highest BCUT2D eigenvalue weighted by atomic mass is 16.7. The lowest BCUT2D eigenvalue weighted by atomic mass is 10.3. The molecule has 1 heterocycles. The molecule has 0 atom stereocenters. The summed E-state index contributed by atoms with van der Waals surface area (Å²) in [6.45, 7) is 8.54. The van der Waals surface area contributed by atoms with Crippen molar-refractivity contribution in [3.63, 3.8) is 0 Å². The van der Waals surface area contributed by atoms with Crippen LogP contribution < -0.4 is 14.2 Å². The van der Waals surface area contributed by atoms with Crippen LogP contribution in [0, 0.1) is 0 Å². The largest absolute Gasteiger partial charge is 0.491 e. The molecule has 1 aromatic carbocycles. The summed E-state index contributed by atoms with van der Waals surface area (Å²) in [5.41, 5.74) is 0. The molecule has 0 bridgehead atoms. The number of fused-ring (bicyclic) bond motifs is 1. The predicted molar refractivity (Wildman–Crippen MR) is 132 cm³/mol. The van der Waals surface area contributed by atoms with Crippen LogP contribution in [0.4, 0.5) is 0 Å². The Hall–Kier alpha value is -1.74. The topological polar surface area (TPSA) is 122 Å². The van der Waals surface area contributed by atoms with Crippen LogP contribution in [0.15, 0.2) is 18.2 Å². The maximum absolute atomic E-state index is 8.56. The number of benzene rings is 1. The molecule has 37 heavy (non-hydrogen) atoms. The number of hydrogen-bond acceptors (Lipinski definition) is 12. The zero-order chi connectivity index (χ0) is 26.1. The Morgan fingerprint density at radius 3 is 1.30 bits per heavy atom. The van der Waals surface area contributed by atoms with Crippen LogP contribution in [0.2, 0.25) is 0 Å². The smallest absolute Gasteiger partial charge is 0.231 e. The van der Waals surface area contributed by atoms with Gasteiger partial charge in [-0.05, 0) is 12.1 Å². The van der Waals surface area contributed by atoms with Crippen LogP contribution in [0.1, 0.15) is 0 Å². The third-order valence-electron chi connectivity index (χ3n) is 4.68. The Kier molecular flexibility index (Phi) is 19.9. The molecule has 12 heteroatoms. The second kappa shape index (κ2) is 23.4. The summed E-state index contributed by atoms with van der Waals surface area (Å²) >= 11 is 0. The lowest BCUT2D eigenvalue weighted by Gasteiger charge is -2.09.